The van der Waals surface area contributed by atoms with Gasteiger partial charge in [0.05, 0.1) is 27.8 Å². The molecule has 0 saturated carbocycles. The number of aryl methyl sites for hydroxylation is 1. The Morgan fingerprint density at radius 1 is 1.17 bits per heavy atom. The van der Waals surface area contributed by atoms with Crippen molar-refractivity contribution in [3.63, 3.8) is 0 Å². The van der Waals surface area contributed by atoms with Crippen LogP contribution in [0.4, 0.5) is 0 Å². The average Bonchev–Trinajstić information content (AvgIpc) is 3.19. The summed E-state index contributed by atoms with van der Waals surface area (Å²) in [7, 11) is 1.90. The first-order valence-corrected chi connectivity index (χ1v) is 10.9. The predicted molar refractivity (Wildman–Crippen MR) is 121 cm³/mol. The highest BCUT2D eigenvalue weighted by Gasteiger charge is 2.28. The topological polar surface area (TPSA) is 59.0 Å². The largest absolute Gasteiger partial charge is 0.344 e. The summed E-state index contributed by atoms with van der Waals surface area (Å²) in [5.74, 6) is -0.269. The van der Waals surface area contributed by atoms with E-state index in [1.54, 1.807) is 22.9 Å². The Morgan fingerprint density at radius 3 is 2.60 bits per heavy atom. The molecule has 0 aliphatic carbocycles. The summed E-state index contributed by atoms with van der Waals surface area (Å²) in [6, 6.07) is 13.3. The van der Waals surface area contributed by atoms with Gasteiger partial charge in [0.15, 0.2) is 0 Å². The minimum Gasteiger partial charge on any atom is -0.344 e. The molecule has 1 aliphatic heterocycles. The molecule has 7 heteroatoms. The predicted octanol–water partition coefficient (Wildman–Crippen LogP) is 5.01. The molecule has 1 aromatic heterocycles. The highest BCUT2D eigenvalue weighted by Crippen LogP contribution is 2.30. The summed E-state index contributed by atoms with van der Waals surface area (Å²) in [6.45, 7) is 0.937. The molecular weight excluding hydrogens is 419 g/mol. The molecule has 1 saturated heterocycles. The molecule has 1 amide bonds. The van der Waals surface area contributed by atoms with Gasteiger partial charge in [0.25, 0.3) is 5.91 Å². The molecule has 0 bridgehead atoms. The Balaban J connectivity index is 1.68. The van der Waals surface area contributed by atoms with Crippen molar-refractivity contribution in [1.82, 2.24) is 20.4 Å². The van der Waals surface area contributed by atoms with Gasteiger partial charge in [-0.25, -0.2) is 0 Å². The minimum atomic E-state index is -0.269. The molecule has 2 atom stereocenters. The summed E-state index contributed by atoms with van der Waals surface area (Å²) >= 11 is 12.6. The van der Waals surface area contributed by atoms with Gasteiger partial charge in [-0.3, -0.25) is 9.48 Å². The van der Waals surface area contributed by atoms with E-state index in [1.165, 1.54) is 0 Å². The van der Waals surface area contributed by atoms with E-state index in [4.69, 9.17) is 23.2 Å². The molecule has 0 radical (unpaired) electrons. The van der Waals surface area contributed by atoms with E-state index < -0.39 is 0 Å². The first-order valence-electron chi connectivity index (χ1n) is 10.1. The fourth-order valence-electron chi connectivity index (χ4n) is 3.99. The number of benzene rings is 2. The van der Waals surface area contributed by atoms with Crippen LogP contribution in [0.25, 0.3) is 11.1 Å². The zero-order valence-corrected chi connectivity index (χ0v) is 18.2. The molecule has 2 aromatic carbocycles. The number of hydrogen-bond acceptors (Lipinski definition) is 3. The van der Waals surface area contributed by atoms with E-state index in [0.717, 1.165) is 42.5 Å². The maximum Gasteiger partial charge on any atom is 0.254 e. The van der Waals surface area contributed by atoms with E-state index in [9.17, 15) is 4.79 Å². The van der Waals surface area contributed by atoms with Gasteiger partial charge in [-0.15, -0.1) is 0 Å². The normalized spacial score (nSPS) is 17.5. The van der Waals surface area contributed by atoms with E-state index >= 15 is 0 Å². The van der Waals surface area contributed by atoms with Crippen LogP contribution in [0, 0.1) is 0 Å². The monoisotopic (exact) mass is 442 g/mol. The van der Waals surface area contributed by atoms with Gasteiger partial charge in [0.1, 0.15) is 0 Å². The minimum absolute atomic E-state index is 0.133. The molecular formula is C23H24Cl2N4O. The Morgan fingerprint density at radius 2 is 1.93 bits per heavy atom. The number of amides is 1. The van der Waals surface area contributed by atoms with Crippen LogP contribution in [-0.2, 0) is 7.05 Å². The van der Waals surface area contributed by atoms with Crippen LogP contribution >= 0.6 is 23.2 Å². The number of nitrogens with zero attached hydrogens (tertiary/aromatic N) is 2. The van der Waals surface area contributed by atoms with E-state index in [1.807, 2.05) is 25.5 Å². The van der Waals surface area contributed by atoms with Crippen LogP contribution in [0.15, 0.2) is 54.9 Å². The van der Waals surface area contributed by atoms with Gasteiger partial charge < -0.3 is 10.6 Å². The van der Waals surface area contributed by atoms with Crippen molar-refractivity contribution in [3.05, 3.63) is 76.0 Å². The van der Waals surface area contributed by atoms with Crippen molar-refractivity contribution in [2.45, 2.75) is 31.3 Å². The number of piperidine rings is 1. The Bertz CT molecular complexity index is 1020. The first kappa shape index (κ1) is 20.9. The zero-order valence-electron chi connectivity index (χ0n) is 16.7. The van der Waals surface area contributed by atoms with Crippen molar-refractivity contribution < 1.29 is 4.79 Å². The van der Waals surface area contributed by atoms with Gasteiger partial charge in [-0.2, -0.15) is 5.10 Å². The fraction of sp³-hybridized carbons (Fsp3) is 0.304. The molecule has 0 unspecified atom stereocenters. The van der Waals surface area contributed by atoms with Crippen LogP contribution in [0.2, 0.25) is 10.0 Å². The molecule has 2 heterocycles. The lowest BCUT2D eigenvalue weighted by Gasteiger charge is -2.32. The summed E-state index contributed by atoms with van der Waals surface area (Å²) in [4.78, 5) is 13.1. The third-order valence-electron chi connectivity index (χ3n) is 5.51. The van der Waals surface area contributed by atoms with Gasteiger partial charge in [-0.1, -0.05) is 53.9 Å². The molecule has 156 valence electrons. The lowest BCUT2D eigenvalue weighted by atomic mass is 9.91. The SMILES string of the molecule is Cn1cc(-c2cccc([C@H](NC(=O)c3c(Cl)cccc3Cl)[C@@H]3CCCCN3)c2)cn1. The Labute approximate surface area is 186 Å². The number of aromatic nitrogens is 2. The van der Waals surface area contributed by atoms with Crippen molar-refractivity contribution >= 4 is 29.1 Å². The third kappa shape index (κ3) is 4.53. The summed E-state index contributed by atoms with van der Waals surface area (Å²) in [6.07, 6.45) is 7.07. The average molecular weight is 443 g/mol. The molecule has 4 rings (SSSR count). The third-order valence-corrected chi connectivity index (χ3v) is 6.14. The molecule has 30 heavy (non-hydrogen) atoms. The van der Waals surface area contributed by atoms with Gasteiger partial charge in [-0.05, 0) is 48.7 Å². The lowest BCUT2D eigenvalue weighted by Crippen LogP contribution is -2.46. The molecule has 3 aromatic rings. The van der Waals surface area contributed by atoms with Gasteiger partial charge >= 0.3 is 0 Å². The Hall–Kier alpha value is -2.34. The number of rotatable bonds is 5. The maximum absolute atomic E-state index is 13.1. The standard InChI is InChI=1S/C23H24Cl2N4O/c1-29-14-17(13-27-29)15-6-4-7-16(12-15)22(20-10-2-3-11-26-20)28-23(30)21-18(24)8-5-9-19(21)25/h4-9,12-14,20,22,26H,2-3,10-11H2,1H3,(H,28,30)/t20-,22-/m0/s1. The summed E-state index contributed by atoms with van der Waals surface area (Å²) in [5, 5.41) is 11.7. The first-order chi connectivity index (χ1) is 14.5. The lowest BCUT2D eigenvalue weighted by molar-refractivity contribution is 0.0923. The van der Waals surface area contributed by atoms with Crippen LogP contribution in [0.5, 0.6) is 0 Å². The van der Waals surface area contributed by atoms with Crippen molar-refractivity contribution in [3.8, 4) is 11.1 Å². The molecule has 5 nitrogen and oxygen atoms in total. The highest BCUT2D eigenvalue weighted by molar-refractivity contribution is 6.39. The van der Waals surface area contributed by atoms with E-state index in [2.05, 4.69) is 33.9 Å². The zero-order chi connectivity index (χ0) is 21.1. The van der Waals surface area contributed by atoms with E-state index in [0.29, 0.717) is 15.6 Å². The van der Waals surface area contributed by atoms with Crippen LogP contribution in [0.3, 0.4) is 0 Å². The van der Waals surface area contributed by atoms with Crippen molar-refractivity contribution in [1.29, 1.82) is 0 Å². The molecule has 1 fully saturated rings. The number of carbonyl (C=O) groups is 1. The number of carbonyl (C=O) groups excluding carboxylic acids is 1. The summed E-state index contributed by atoms with van der Waals surface area (Å²) in [5.41, 5.74) is 3.44. The number of halogens is 2. The van der Waals surface area contributed by atoms with Gasteiger partial charge in [0, 0.05) is 24.8 Å². The van der Waals surface area contributed by atoms with Crippen LogP contribution in [0.1, 0.15) is 41.2 Å². The van der Waals surface area contributed by atoms with Crippen LogP contribution < -0.4 is 10.6 Å². The van der Waals surface area contributed by atoms with Gasteiger partial charge in [0.2, 0.25) is 0 Å². The second kappa shape index (κ2) is 9.21. The summed E-state index contributed by atoms with van der Waals surface area (Å²) < 4.78 is 1.78. The highest BCUT2D eigenvalue weighted by atomic mass is 35.5. The van der Waals surface area contributed by atoms with Crippen molar-refractivity contribution in [2.75, 3.05) is 6.54 Å². The van der Waals surface area contributed by atoms with Crippen LogP contribution in [-0.4, -0.2) is 28.3 Å². The Kier molecular flexibility index (Phi) is 6.42. The number of nitrogens with one attached hydrogen (secondary N) is 2. The fourth-order valence-corrected chi connectivity index (χ4v) is 4.56. The maximum atomic E-state index is 13.1. The van der Waals surface area contributed by atoms with Crippen molar-refractivity contribution in [2.24, 2.45) is 7.05 Å². The second-order valence-electron chi connectivity index (χ2n) is 7.63. The second-order valence-corrected chi connectivity index (χ2v) is 8.45. The molecule has 1 aliphatic rings. The number of hydrogen-bond donors (Lipinski definition) is 2. The molecule has 2 N–H and O–H groups in total. The quantitative estimate of drug-likeness (QED) is 0.583. The van der Waals surface area contributed by atoms with E-state index in [-0.39, 0.29) is 18.0 Å². The molecule has 0 spiro atoms. The smallest absolute Gasteiger partial charge is 0.254 e.